The number of ether oxygens (including phenoxy) is 1. The first kappa shape index (κ1) is 27.1. The molecule has 39 heavy (non-hydrogen) atoms. The molecule has 0 aliphatic heterocycles. The van der Waals surface area contributed by atoms with Crippen LogP contribution < -0.4 is 4.74 Å². The molecule has 0 amide bonds. The number of aryl methyl sites for hydroxylation is 3. The number of hydrogen-bond acceptors (Lipinski definition) is 1. The van der Waals surface area contributed by atoms with Crippen LogP contribution in [0.2, 0.25) is 0 Å². The topological polar surface area (TPSA) is 9.23 Å². The van der Waals surface area contributed by atoms with E-state index in [1.54, 1.807) is 25.1 Å². The quantitative estimate of drug-likeness (QED) is 0.234. The third-order valence-corrected chi connectivity index (χ3v) is 8.29. The zero-order chi connectivity index (χ0) is 27.5. The molecule has 202 valence electrons. The van der Waals surface area contributed by atoms with Crippen molar-refractivity contribution in [2.45, 2.75) is 72.1 Å². The van der Waals surface area contributed by atoms with E-state index in [1.165, 1.54) is 36.8 Å². The molecule has 0 bridgehead atoms. The Kier molecular flexibility index (Phi) is 8.16. The summed E-state index contributed by atoms with van der Waals surface area (Å²) < 4.78 is 35.8. The molecule has 5 rings (SSSR count). The fraction of sp³-hybridized carbons (Fsp3) is 0.333. The van der Waals surface area contributed by atoms with Gasteiger partial charge < -0.3 is 4.74 Å². The van der Waals surface area contributed by atoms with E-state index < -0.39 is 0 Å². The van der Waals surface area contributed by atoms with Gasteiger partial charge in [0.15, 0.2) is 0 Å². The van der Waals surface area contributed by atoms with E-state index in [0.717, 1.165) is 45.9 Å². The van der Waals surface area contributed by atoms with E-state index in [-0.39, 0.29) is 11.6 Å². The molecular weight excluding hydrogens is 486 g/mol. The molecule has 3 heteroatoms. The number of hydrogen-bond donors (Lipinski definition) is 0. The number of halogens is 2. The summed E-state index contributed by atoms with van der Waals surface area (Å²) in [5, 5.41) is 0. The van der Waals surface area contributed by atoms with Crippen LogP contribution in [-0.2, 0) is 6.42 Å². The maximum atomic E-state index is 14.8. The molecule has 4 aromatic carbocycles. The molecule has 4 aromatic rings. The first-order chi connectivity index (χ1) is 18.8. The summed E-state index contributed by atoms with van der Waals surface area (Å²) in [4.78, 5) is 0. The van der Waals surface area contributed by atoms with Crippen LogP contribution in [0.3, 0.4) is 0 Å². The first-order valence-corrected chi connectivity index (χ1v) is 14.3. The molecule has 1 saturated carbocycles. The first-order valence-electron chi connectivity index (χ1n) is 14.3. The average Bonchev–Trinajstić information content (AvgIpc) is 2.92. The largest absolute Gasteiger partial charge is 0.457 e. The predicted octanol–water partition coefficient (Wildman–Crippen LogP) is 11.0. The van der Waals surface area contributed by atoms with Crippen LogP contribution in [0.25, 0.3) is 22.3 Å². The fourth-order valence-corrected chi connectivity index (χ4v) is 5.85. The Bertz CT molecular complexity index is 1460. The van der Waals surface area contributed by atoms with Crippen LogP contribution in [0.4, 0.5) is 8.78 Å². The van der Waals surface area contributed by atoms with Crippen LogP contribution in [0.1, 0.15) is 74.1 Å². The number of rotatable bonds is 7. The highest BCUT2D eigenvalue weighted by Crippen LogP contribution is 2.41. The summed E-state index contributed by atoms with van der Waals surface area (Å²) in [7, 11) is 0. The second-order valence-corrected chi connectivity index (χ2v) is 11.3. The number of benzene rings is 4. The standard InChI is InChI=1S/C36H38F2O/c1-5-6-27-13-14-28(20-35(27)38)29-15-17-33(30-12-9-24(3)34(37)21-30)36(22-29)39-31-16-18-32(25(4)19-31)26-10-7-23(2)8-11-26/h9,12-23,26H,5-8,10-11H2,1-4H3. The molecule has 0 unspecified atom stereocenters. The van der Waals surface area contributed by atoms with Gasteiger partial charge in [0.05, 0.1) is 0 Å². The monoisotopic (exact) mass is 524 g/mol. The summed E-state index contributed by atoms with van der Waals surface area (Å²) in [6.45, 7) is 8.31. The predicted molar refractivity (Wildman–Crippen MR) is 158 cm³/mol. The molecule has 0 aromatic heterocycles. The minimum atomic E-state index is -0.252. The normalized spacial score (nSPS) is 17.3. The molecular formula is C36H38F2O. The van der Waals surface area contributed by atoms with Gasteiger partial charge in [-0.15, -0.1) is 0 Å². The van der Waals surface area contributed by atoms with Gasteiger partial charge in [0.1, 0.15) is 23.1 Å². The van der Waals surface area contributed by atoms with E-state index in [0.29, 0.717) is 23.7 Å². The Balaban J connectivity index is 1.51. The Morgan fingerprint density at radius 2 is 1.41 bits per heavy atom. The van der Waals surface area contributed by atoms with Crippen molar-refractivity contribution < 1.29 is 13.5 Å². The van der Waals surface area contributed by atoms with Crippen molar-refractivity contribution in [1.29, 1.82) is 0 Å². The van der Waals surface area contributed by atoms with Gasteiger partial charge in [-0.05, 0) is 114 Å². The third-order valence-electron chi connectivity index (χ3n) is 8.29. The summed E-state index contributed by atoms with van der Waals surface area (Å²) in [6, 6.07) is 22.9. The molecule has 0 atom stereocenters. The van der Waals surface area contributed by atoms with Crippen molar-refractivity contribution in [3.8, 4) is 33.8 Å². The van der Waals surface area contributed by atoms with Crippen LogP contribution >= 0.6 is 0 Å². The third kappa shape index (κ3) is 6.08. The molecule has 0 N–H and O–H groups in total. The molecule has 0 heterocycles. The Morgan fingerprint density at radius 1 is 0.718 bits per heavy atom. The van der Waals surface area contributed by atoms with Gasteiger partial charge in [0.2, 0.25) is 0 Å². The highest BCUT2D eigenvalue weighted by atomic mass is 19.1. The Labute approximate surface area is 231 Å². The van der Waals surface area contributed by atoms with Crippen molar-refractivity contribution >= 4 is 0 Å². The molecule has 1 aliphatic carbocycles. The van der Waals surface area contributed by atoms with Crippen LogP contribution in [0.15, 0.2) is 72.8 Å². The van der Waals surface area contributed by atoms with Gasteiger partial charge >= 0.3 is 0 Å². The van der Waals surface area contributed by atoms with Crippen molar-refractivity contribution in [2.24, 2.45) is 5.92 Å². The van der Waals surface area contributed by atoms with Gasteiger partial charge in [0, 0.05) is 5.56 Å². The summed E-state index contributed by atoms with van der Waals surface area (Å²) in [6.07, 6.45) is 6.65. The van der Waals surface area contributed by atoms with Crippen molar-refractivity contribution in [3.63, 3.8) is 0 Å². The summed E-state index contributed by atoms with van der Waals surface area (Å²) in [5.74, 6) is 2.35. The summed E-state index contributed by atoms with van der Waals surface area (Å²) in [5.41, 5.74) is 7.16. The van der Waals surface area contributed by atoms with E-state index in [9.17, 15) is 8.78 Å². The summed E-state index contributed by atoms with van der Waals surface area (Å²) >= 11 is 0. The maximum absolute atomic E-state index is 14.8. The minimum absolute atomic E-state index is 0.190. The smallest absolute Gasteiger partial charge is 0.135 e. The van der Waals surface area contributed by atoms with Gasteiger partial charge in [-0.2, -0.15) is 0 Å². The van der Waals surface area contributed by atoms with E-state index in [4.69, 9.17) is 4.74 Å². The molecule has 0 spiro atoms. The molecule has 0 radical (unpaired) electrons. The highest BCUT2D eigenvalue weighted by Gasteiger charge is 2.21. The van der Waals surface area contributed by atoms with Crippen molar-refractivity contribution in [2.75, 3.05) is 0 Å². The molecule has 1 aliphatic rings. The maximum Gasteiger partial charge on any atom is 0.135 e. The Hall–Kier alpha value is -3.46. The van der Waals surface area contributed by atoms with Crippen LogP contribution in [-0.4, -0.2) is 0 Å². The molecule has 1 nitrogen and oxygen atoms in total. The van der Waals surface area contributed by atoms with Crippen LogP contribution in [0, 0.1) is 31.4 Å². The van der Waals surface area contributed by atoms with Gasteiger partial charge in [-0.1, -0.05) is 75.6 Å². The van der Waals surface area contributed by atoms with Crippen molar-refractivity contribution in [1.82, 2.24) is 0 Å². The van der Waals surface area contributed by atoms with Crippen LogP contribution in [0.5, 0.6) is 11.5 Å². The van der Waals surface area contributed by atoms with Gasteiger partial charge in [0.25, 0.3) is 0 Å². The zero-order valence-electron chi connectivity index (χ0n) is 23.5. The molecule has 1 fully saturated rings. The lowest BCUT2D eigenvalue weighted by molar-refractivity contribution is 0.347. The van der Waals surface area contributed by atoms with Crippen molar-refractivity contribution in [3.05, 3.63) is 107 Å². The van der Waals surface area contributed by atoms with Gasteiger partial charge in [-0.3, -0.25) is 0 Å². The minimum Gasteiger partial charge on any atom is -0.457 e. The van der Waals surface area contributed by atoms with E-state index in [1.807, 2.05) is 49.4 Å². The SMILES string of the molecule is CCCc1ccc(-c2ccc(-c3ccc(C)c(F)c3)c(Oc3ccc(C4CCC(C)CC4)c(C)c3)c2)cc1F. The Morgan fingerprint density at radius 3 is 2.10 bits per heavy atom. The second-order valence-electron chi connectivity index (χ2n) is 11.3. The van der Waals surface area contributed by atoms with E-state index in [2.05, 4.69) is 26.0 Å². The second kappa shape index (κ2) is 11.7. The van der Waals surface area contributed by atoms with E-state index >= 15 is 0 Å². The van der Waals surface area contributed by atoms with Gasteiger partial charge in [-0.25, -0.2) is 8.78 Å². The zero-order valence-corrected chi connectivity index (χ0v) is 23.5. The lowest BCUT2D eigenvalue weighted by Crippen LogP contribution is -2.11. The lowest BCUT2D eigenvalue weighted by atomic mass is 9.78. The molecule has 0 saturated heterocycles. The fourth-order valence-electron chi connectivity index (χ4n) is 5.85. The average molecular weight is 525 g/mol. The highest BCUT2D eigenvalue weighted by molar-refractivity contribution is 5.77. The lowest BCUT2D eigenvalue weighted by Gasteiger charge is -2.27.